The maximum absolute atomic E-state index is 11.4. The Balaban J connectivity index is 4.57. The molecule has 0 aliphatic heterocycles. The highest BCUT2D eigenvalue weighted by molar-refractivity contribution is 5.87. The van der Waals surface area contributed by atoms with Crippen molar-refractivity contribution in [2.75, 3.05) is 20.1 Å². The summed E-state index contributed by atoms with van der Waals surface area (Å²) in [6, 6.07) is -0.234. The second-order valence-corrected chi connectivity index (χ2v) is 3.62. The molecule has 0 bridgehead atoms. The van der Waals surface area contributed by atoms with Crippen LogP contribution >= 0.6 is 0 Å². The van der Waals surface area contributed by atoms with Gasteiger partial charge in [-0.1, -0.05) is 0 Å². The first kappa shape index (κ1) is 15.2. The van der Waals surface area contributed by atoms with E-state index < -0.39 is 0 Å². The van der Waals surface area contributed by atoms with E-state index in [1.807, 2.05) is 13.8 Å². The first-order chi connectivity index (χ1) is 8.01. The summed E-state index contributed by atoms with van der Waals surface area (Å²) < 4.78 is 0. The van der Waals surface area contributed by atoms with Gasteiger partial charge >= 0.3 is 6.03 Å². The Morgan fingerprint density at radius 2 is 2.12 bits per heavy atom. The Labute approximate surface area is 102 Å². The number of urea groups is 1. The van der Waals surface area contributed by atoms with Crippen LogP contribution < -0.4 is 27.4 Å². The molecule has 0 atom stereocenters. The van der Waals surface area contributed by atoms with Crippen LogP contribution in [0.4, 0.5) is 4.79 Å². The number of hydrogen-bond donors (Lipinski definition) is 5. The van der Waals surface area contributed by atoms with E-state index in [4.69, 9.17) is 11.5 Å². The summed E-state index contributed by atoms with van der Waals surface area (Å²) in [7, 11) is 1.66. The van der Waals surface area contributed by atoms with Gasteiger partial charge in [0.1, 0.15) is 11.5 Å². The van der Waals surface area contributed by atoms with E-state index in [9.17, 15) is 4.79 Å². The molecule has 7 nitrogen and oxygen atoms in total. The first-order valence-electron chi connectivity index (χ1n) is 5.46. The zero-order valence-corrected chi connectivity index (χ0v) is 10.6. The van der Waals surface area contributed by atoms with Crippen LogP contribution in [0.5, 0.6) is 0 Å². The van der Waals surface area contributed by atoms with Gasteiger partial charge < -0.3 is 27.4 Å². The predicted octanol–water partition coefficient (Wildman–Crippen LogP) is -0.929. The molecular weight excluding hydrogens is 220 g/mol. The van der Waals surface area contributed by atoms with Gasteiger partial charge in [-0.05, 0) is 13.8 Å². The van der Waals surface area contributed by atoms with Crippen molar-refractivity contribution in [1.82, 2.24) is 16.0 Å². The molecule has 0 aromatic rings. The molecule has 0 radical (unpaired) electrons. The van der Waals surface area contributed by atoms with Gasteiger partial charge in [-0.25, -0.2) is 4.79 Å². The number of allylic oxidation sites excluding steroid dienone is 1. The summed E-state index contributed by atoms with van der Waals surface area (Å²) in [6.07, 6.45) is 1.53. The number of aliphatic imine (C=N–C) groups is 1. The van der Waals surface area contributed by atoms with Gasteiger partial charge in [0, 0.05) is 32.4 Å². The molecular formula is C10H22N6O. The molecule has 0 rings (SSSR count). The smallest absolute Gasteiger partial charge is 0.319 e. The molecule has 7 heteroatoms. The summed E-state index contributed by atoms with van der Waals surface area (Å²) in [5.41, 5.74) is 11.4. The lowest BCUT2D eigenvalue weighted by molar-refractivity contribution is 0.244. The molecule has 0 saturated heterocycles. The number of hydrogen-bond acceptors (Lipinski definition) is 5. The summed E-state index contributed by atoms with van der Waals surface area (Å²) in [5, 5.41) is 7.92. The molecule has 2 amide bonds. The van der Waals surface area contributed by atoms with Gasteiger partial charge in [-0.3, -0.25) is 4.99 Å². The van der Waals surface area contributed by atoms with Crippen LogP contribution in [0.2, 0.25) is 0 Å². The minimum atomic E-state index is -0.362. The lowest BCUT2D eigenvalue weighted by Crippen LogP contribution is -2.40. The summed E-state index contributed by atoms with van der Waals surface area (Å²) in [6.45, 7) is 4.64. The number of amides is 2. The standard InChI is InChI=1S/C10H22N6O/c1-7(2)15-6-8(9(12)13-3)16-10(17)14-5-4-11/h6-7,13H,4-5,11-12H2,1-3H3,(H2,14,16,17)/b9-8+,15-6+. The van der Waals surface area contributed by atoms with Gasteiger partial charge in [-0.2, -0.15) is 0 Å². The second-order valence-electron chi connectivity index (χ2n) is 3.62. The van der Waals surface area contributed by atoms with Crippen LogP contribution in [0, 0.1) is 0 Å². The minimum absolute atomic E-state index is 0.128. The highest BCUT2D eigenvalue weighted by Crippen LogP contribution is 1.91. The van der Waals surface area contributed by atoms with Gasteiger partial charge in [-0.15, -0.1) is 0 Å². The zero-order valence-electron chi connectivity index (χ0n) is 10.6. The topological polar surface area (TPSA) is 118 Å². The van der Waals surface area contributed by atoms with E-state index in [2.05, 4.69) is 20.9 Å². The Morgan fingerprint density at radius 3 is 2.59 bits per heavy atom. The zero-order chi connectivity index (χ0) is 13.3. The minimum Gasteiger partial charge on any atom is -0.384 e. The first-order valence-corrected chi connectivity index (χ1v) is 5.46. The van der Waals surface area contributed by atoms with Crippen LogP contribution in [0.1, 0.15) is 13.8 Å². The molecule has 0 aromatic heterocycles. The van der Waals surface area contributed by atoms with E-state index in [0.29, 0.717) is 24.6 Å². The summed E-state index contributed by atoms with van der Waals surface area (Å²) >= 11 is 0. The lowest BCUT2D eigenvalue weighted by atomic mass is 10.4. The van der Waals surface area contributed by atoms with Crippen LogP contribution in [-0.2, 0) is 0 Å². The highest BCUT2D eigenvalue weighted by atomic mass is 16.2. The molecule has 0 fully saturated rings. The van der Waals surface area contributed by atoms with Gasteiger partial charge in [0.25, 0.3) is 0 Å². The van der Waals surface area contributed by atoms with Crippen molar-refractivity contribution in [3.63, 3.8) is 0 Å². The van der Waals surface area contributed by atoms with Crippen LogP contribution in [-0.4, -0.2) is 38.4 Å². The molecule has 0 saturated carbocycles. The molecule has 0 heterocycles. The number of nitrogens with one attached hydrogen (secondary N) is 3. The van der Waals surface area contributed by atoms with E-state index in [0.717, 1.165) is 0 Å². The van der Waals surface area contributed by atoms with Crippen molar-refractivity contribution in [2.45, 2.75) is 19.9 Å². The largest absolute Gasteiger partial charge is 0.384 e. The monoisotopic (exact) mass is 242 g/mol. The Kier molecular flexibility index (Phi) is 7.53. The summed E-state index contributed by atoms with van der Waals surface area (Å²) in [5.74, 6) is 0.345. The van der Waals surface area contributed by atoms with Crippen molar-refractivity contribution in [3.8, 4) is 0 Å². The van der Waals surface area contributed by atoms with E-state index in [1.165, 1.54) is 6.21 Å². The fourth-order valence-corrected chi connectivity index (χ4v) is 0.880. The van der Waals surface area contributed by atoms with Crippen molar-refractivity contribution in [1.29, 1.82) is 0 Å². The Morgan fingerprint density at radius 1 is 1.47 bits per heavy atom. The Bertz CT molecular complexity index is 297. The number of carbonyl (C=O) groups is 1. The fraction of sp³-hybridized carbons (Fsp3) is 0.600. The number of nitrogens with two attached hydrogens (primary N) is 2. The maximum Gasteiger partial charge on any atom is 0.319 e. The maximum atomic E-state index is 11.4. The van der Waals surface area contributed by atoms with Gasteiger partial charge in [0.15, 0.2) is 0 Å². The van der Waals surface area contributed by atoms with Crippen LogP contribution in [0.25, 0.3) is 0 Å². The average molecular weight is 242 g/mol. The molecule has 0 aliphatic rings. The molecule has 0 spiro atoms. The third-order valence-corrected chi connectivity index (χ3v) is 1.74. The summed E-state index contributed by atoms with van der Waals surface area (Å²) in [4.78, 5) is 15.6. The van der Waals surface area contributed by atoms with Crippen molar-refractivity contribution < 1.29 is 4.79 Å². The predicted molar refractivity (Wildman–Crippen MR) is 69.5 cm³/mol. The van der Waals surface area contributed by atoms with Gasteiger partial charge in [0.05, 0.1) is 0 Å². The third kappa shape index (κ3) is 7.18. The van der Waals surface area contributed by atoms with Crippen molar-refractivity contribution >= 4 is 12.2 Å². The van der Waals surface area contributed by atoms with Crippen molar-refractivity contribution in [2.24, 2.45) is 16.5 Å². The molecule has 98 valence electrons. The number of carbonyl (C=O) groups excluding carboxylic acids is 1. The van der Waals surface area contributed by atoms with Crippen LogP contribution in [0.3, 0.4) is 0 Å². The Hall–Kier alpha value is -1.76. The SMILES string of the molecule is CN/C(N)=C(\C=N\C(C)C)NC(=O)NCCN. The van der Waals surface area contributed by atoms with E-state index in [1.54, 1.807) is 7.05 Å². The molecule has 0 aliphatic carbocycles. The quantitative estimate of drug-likeness (QED) is 0.387. The lowest BCUT2D eigenvalue weighted by Gasteiger charge is -2.10. The molecule has 0 aromatic carbocycles. The normalized spacial score (nSPS) is 12.5. The van der Waals surface area contributed by atoms with Gasteiger partial charge in [0.2, 0.25) is 0 Å². The molecule has 0 unspecified atom stereocenters. The molecule has 7 N–H and O–H groups in total. The highest BCUT2D eigenvalue weighted by Gasteiger charge is 2.05. The number of nitrogens with zero attached hydrogens (tertiary/aromatic N) is 1. The second kappa shape index (κ2) is 8.40. The van der Waals surface area contributed by atoms with Crippen LogP contribution in [0.15, 0.2) is 16.5 Å². The average Bonchev–Trinajstić information content (AvgIpc) is 2.30. The fourth-order valence-electron chi connectivity index (χ4n) is 0.880. The van der Waals surface area contributed by atoms with E-state index >= 15 is 0 Å². The molecule has 17 heavy (non-hydrogen) atoms. The van der Waals surface area contributed by atoms with Crippen molar-refractivity contribution in [3.05, 3.63) is 11.5 Å². The number of rotatable bonds is 6. The van der Waals surface area contributed by atoms with E-state index in [-0.39, 0.29) is 12.1 Å². The third-order valence-electron chi connectivity index (χ3n) is 1.74.